The van der Waals surface area contributed by atoms with Gasteiger partial charge in [0.05, 0.1) is 29.2 Å². The van der Waals surface area contributed by atoms with Gasteiger partial charge in [0.1, 0.15) is 12.0 Å². The SMILES string of the molecule is O=C(Cc1nn(C2CC2)c2cc(C(F)(F)F)ccc2c1=O)Nc1ccc2nncn2c1. The molecule has 1 aliphatic rings. The van der Waals surface area contributed by atoms with Crippen LogP contribution in [0, 0.1) is 0 Å². The van der Waals surface area contributed by atoms with Crippen molar-refractivity contribution < 1.29 is 18.0 Å². The van der Waals surface area contributed by atoms with E-state index in [1.54, 1.807) is 22.7 Å². The van der Waals surface area contributed by atoms with E-state index in [1.165, 1.54) is 11.0 Å². The second kappa shape index (κ2) is 6.89. The minimum absolute atomic E-state index is 0.0120. The van der Waals surface area contributed by atoms with Crippen LogP contribution in [0.15, 0.2) is 47.7 Å². The Morgan fingerprint density at radius 2 is 2.00 bits per heavy atom. The maximum absolute atomic E-state index is 13.1. The second-order valence-electron chi connectivity index (χ2n) is 7.42. The molecule has 158 valence electrons. The zero-order valence-electron chi connectivity index (χ0n) is 15.9. The van der Waals surface area contributed by atoms with Gasteiger partial charge in [-0.1, -0.05) is 0 Å². The van der Waals surface area contributed by atoms with Crippen molar-refractivity contribution in [2.75, 3.05) is 5.32 Å². The quantitative estimate of drug-likeness (QED) is 0.539. The number of hydrogen-bond acceptors (Lipinski definition) is 5. The first-order chi connectivity index (χ1) is 14.8. The molecular formula is C20H15F3N6O2. The van der Waals surface area contributed by atoms with Crippen molar-refractivity contribution in [3.8, 4) is 0 Å². The number of aromatic nitrogens is 5. The summed E-state index contributed by atoms with van der Waals surface area (Å²) in [5.74, 6) is -0.467. The number of amides is 1. The lowest BCUT2D eigenvalue weighted by molar-refractivity contribution is -0.137. The molecule has 1 amide bonds. The van der Waals surface area contributed by atoms with Crippen LogP contribution in [-0.2, 0) is 17.4 Å². The largest absolute Gasteiger partial charge is 0.416 e. The van der Waals surface area contributed by atoms with Gasteiger partial charge in [-0.25, -0.2) is 0 Å². The third kappa shape index (κ3) is 3.62. The number of nitrogens with zero attached hydrogens (tertiary/aromatic N) is 5. The summed E-state index contributed by atoms with van der Waals surface area (Å²) in [4.78, 5) is 25.4. The highest BCUT2D eigenvalue weighted by atomic mass is 19.4. The molecule has 1 aromatic carbocycles. The lowest BCUT2D eigenvalue weighted by Gasteiger charge is -2.14. The summed E-state index contributed by atoms with van der Waals surface area (Å²) in [6, 6.07) is 6.22. The summed E-state index contributed by atoms with van der Waals surface area (Å²) >= 11 is 0. The van der Waals surface area contributed by atoms with E-state index < -0.39 is 23.1 Å². The van der Waals surface area contributed by atoms with Crippen molar-refractivity contribution in [1.29, 1.82) is 0 Å². The van der Waals surface area contributed by atoms with E-state index >= 15 is 0 Å². The third-order valence-electron chi connectivity index (χ3n) is 5.10. The summed E-state index contributed by atoms with van der Waals surface area (Å²) in [6.07, 6.45) is -0.203. The Balaban J connectivity index is 1.48. The number of pyridine rings is 1. The van der Waals surface area contributed by atoms with Crippen LogP contribution in [-0.4, -0.2) is 30.3 Å². The average molecular weight is 428 g/mol. The van der Waals surface area contributed by atoms with E-state index in [2.05, 4.69) is 20.6 Å². The maximum Gasteiger partial charge on any atom is 0.416 e. The third-order valence-corrected chi connectivity index (χ3v) is 5.10. The number of alkyl halides is 3. The predicted octanol–water partition coefficient (Wildman–Crippen LogP) is 2.97. The van der Waals surface area contributed by atoms with E-state index in [9.17, 15) is 22.8 Å². The molecular weight excluding hydrogens is 413 g/mol. The van der Waals surface area contributed by atoms with Gasteiger partial charge in [0, 0.05) is 11.6 Å². The molecule has 0 saturated heterocycles. The van der Waals surface area contributed by atoms with E-state index in [1.807, 2.05) is 0 Å². The highest BCUT2D eigenvalue weighted by Gasteiger charge is 2.33. The molecule has 0 radical (unpaired) electrons. The molecule has 0 atom stereocenters. The fourth-order valence-electron chi connectivity index (χ4n) is 3.45. The van der Waals surface area contributed by atoms with E-state index in [0.29, 0.717) is 11.3 Å². The van der Waals surface area contributed by atoms with Crippen LogP contribution in [0.5, 0.6) is 0 Å². The Bertz CT molecular complexity index is 1390. The molecule has 0 unspecified atom stereocenters. The van der Waals surface area contributed by atoms with Gasteiger partial charge in [-0.3, -0.25) is 18.7 Å². The fourth-order valence-corrected chi connectivity index (χ4v) is 3.45. The van der Waals surface area contributed by atoms with E-state index in [4.69, 9.17) is 0 Å². The van der Waals surface area contributed by atoms with Crippen LogP contribution in [0.1, 0.15) is 30.1 Å². The first kappa shape index (κ1) is 19.2. The molecule has 1 aliphatic carbocycles. The number of carbonyl (C=O) groups is 1. The molecule has 1 saturated carbocycles. The Kier molecular flexibility index (Phi) is 4.27. The Morgan fingerprint density at radius 1 is 1.19 bits per heavy atom. The fraction of sp³-hybridized carbons (Fsp3) is 0.250. The van der Waals surface area contributed by atoms with Gasteiger partial charge in [0.25, 0.3) is 0 Å². The van der Waals surface area contributed by atoms with E-state index in [0.717, 1.165) is 31.0 Å². The molecule has 1 fully saturated rings. The summed E-state index contributed by atoms with van der Waals surface area (Å²) in [5, 5.41) is 14.7. The van der Waals surface area contributed by atoms with Crippen LogP contribution in [0.2, 0.25) is 0 Å². The minimum atomic E-state index is -4.52. The molecule has 1 N–H and O–H groups in total. The molecule has 5 rings (SSSR count). The topological polar surface area (TPSA) is 94.2 Å². The number of nitrogens with one attached hydrogen (secondary N) is 1. The smallest absolute Gasteiger partial charge is 0.324 e. The second-order valence-corrected chi connectivity index (χ2v) is 7.42. The zero-order chi connectivity index (χ0) is 21.8. The van der Waals surface area contributed by atoms with Gasteiger partial charge < -0.3 is 5.32 Å². The molecule has 8 nitrogen and oxygen atoms in total. The molecule has 3 aromatic heterocycles. The van der Waals surface area contributed by atoms with Crippen LogP contribution in [0.3, 0.4) is 0 Å². The highest BCUT2D eigenvalue weighted by Crippen LogP contribution is 2.37. The van der Waals surface area contributed by atoms with Gasteiger partial charge in [-0.15, -0.1) is 10.2 Å². The van der Waals surface area contributed by atoms with Gasteiger partial charge in [0.2, 0.25) is 11.3 Å². The lowest BCUT2D eigenvalue weighted by atomic mass is 10.1. The van der Waals surface area contributed by atoms with Gasteiger partial charge >= 0.3 is 6.18 Å². The first-order valence-corrected chi connectivity index (χ1v) is 9.51. The zero-order valence-corrected chi connectivity index (χ0v) is 15.9. The molecule has 11 heteroatoms. The molecule has 3 heterocycles. The number of anilines is 1. The molecule has 4 aromatic rings. The number of rotatable bonds is 4. The van der Waals surface area contributed by atoms with Crippen LogP contribution < -0.4 is 10.7 Å². The standard InChI is InChI=1S/C20H15F3N6O2/c21-20(22,23)11-1-5-14-16(7-11)29(13-3-4-13)27-15(19(14)31)8-18(30)25-12-2-6-17-26-24-10-28(17)9-12/h1-2,5-7,9-10,13H,3-4,8H2,(H,25,30). The Morgan fingerprint density at radius 3 is 2.74 bits per heavy atom. The maximum atomic E-state index is 13.1. The monoisotopic (exact) mass is 428 g/mol. The minimum Gasteiger partial charge on any atom is -0.324 e. The van der Waals surface area contributed by atoms with Crippen LogP contribution in [0.4, 0.5) is 18.9 Å². The normalized spacial score (nSPS) is 14.3. The Hall–Kier alpha value is -3.76. The summed E-state index contributed by atoms with van der Waals surface area (Å²) in [6.45, 7) is 0. The summed E-state index contributed by atoms with van der Waals surface area (Å²) in [7, 11) is 0. The van der Waals surface area contributed by atoms with Crippen molar-refractivity contribution >= 4 is 28.1 Å². The molecule has 31 heavy (non-hydrogen) atoms. The van der Waals surface area contributed by atoms with Crippen molar-refractivity contribution in [1.82, 2.24) is 24.4 Å². The lowest BCUT2D eigenvalue weighted by Crippen LogP contribution is -2.25. The average Bonchev–Trinajstić information content (AvgIpc) is 3.46. The number of benzene rings is 1. The number of hydrogen-bond donors (Lipinski definition) is 1. The number of fused-ring (bicyclic) bond motifs is 2. The highest BCUT2D eigenvalue weighted by molar-refractivity contribution is 5.92. The number of halogens is 3. The van der Waals surface area contributed by atoms with Gasteiger partial charge in [-0.05, 0) is 43.2 Å². The first-order valence-electron chi connectivity index (χ1n) is 9.51. The van der Waals surface area contributed by atoms with Crippen molar-refractivity contribution in [2.45, 2.75) is 31.5 Å². The molecule has 0 spiro atoms. The summed E-state index contributed by atoms with van der Waals surface area (Å²) in [5.41, 5.74) is -0.183. The van der Waals surface area contributed by atoms with Crippen LogP contribution >= 0.6 is 0 Å². The van der Waals surface area contributed by atoms with E-state index in [-0.39, 0.29) is 29.1 Å². The van der Waals surface area contributed by atoms with Gasteiger partial charge in [-0.2, -0.15) is 18.3 Å². The van der Waals surface area contributed by atoms with Gasteiger partial charge in [0.15, 0.2) is 5.65 Å². The number of carbonyl (C=O) groups excluding carboxylic acids is 1. The molecule has 0 aliphatic heterocycles. The van der Waals surface area contributed by atoms with Crippen LogP contribution in [0.25, 0.3) is 16.6 Å². The van der Waals surface area contributed by atoms with Crippen molar-refractivity contribution in [3.05, 3.63) is 64.3 Å². The van der Waals surface area contributed by atoms with Crippen molar-refractivity contribution in [3.63, 3.8) is 0 Å². The Labute approximate surface area is 172 Å². The summed E-state index contributed by atoms with van der Waals surface area (Å²) < 4.78 is 42.5. The predicted molar refractivity (Wildman–Crippen MR) is 105 cm³/mol. The van der Waals surface area contributed by atoms with Crippen molar-refractivity contribution in [2.24, 2.45) is 0 Å². The molecule has 0 bridgehead atoms.